The molecule has 0 heterocycles. The quantitative estimate of drug-likeness (QED) is 0.605. The average Bonchev–Trinajstić information content (AvgIpc) is 2.60. The minimum atomic E-state index is -4.35. The Hall–Kier alpha value is -2.60. The lowest BCUT2D eigenvalue weighted by atomic mass is 10.0. The molecule has 0 unspecified atom stereocenters. The van der Waals surface area contributed by atoms with Crippen LogP contribution in [0.25, 0.3) is 17.2 Å². The Labute approximate surface area is 144 Å². The van der Waals surface area contributed by atoms with Crippen molar-refractivity contribution in [2.75, 3.05) is 19.8 Å². The maximum absolute atomic E-state index is 11.9. The van der Waals surface area contributed by atoms with E-state index in [0.717, 1.165) is 16.7 Å². The molecule has 0 aliphatic heterocycles. The van der Waals surface area contributed by atoms with Crippen molar-refractivity contribution in [3.8, 4) is 11.1 Å². The highest BCUT2D eigenvalue weighted by Crippen LogP contribution is 2.20. The number of hydrogen-bond acceptors (Lipinski definition) is 2. The third-order valence-electron chi connectivity index (χ3n) is 3.23. The lowest BCUT2D eigenvalue weighted by molar-refractivity contribution is -0.173. The van der Waals surface area contributed by atoms with Crippen molar-refractivity contribution in [1.82, 2.24) is 5.32 Å². The van der Waals surface area contributed by atoms with E-state index in [2.05, 4.69) is 10.1 Å². The van der Waals surface area contributed by atoms with E-state index in [0.29, 0.717) is 0 Å². The molecule has 1 amide bonds. The van der Waals surface area contributed by atoms with Gasteiger partial charge in [0.25, 0.3) is 0 Å². The second kappa shape index (κ2) is 9.03. The summed E-state index contributed by atoms with van der Waals surface area (Å²) in [5, 5.41) is 2.47. The fourth-order valence-corrected chi connectivity index (χ4v) is 2.12. The van der Waals surface area contributed by atoms with Gasteiger partial charge in [0, 0.05) is 12.6 Å². The zero-order valence-corrected chi connectivity index (χ0v) is 13.4. The van der Waals surface area contributed by atoms with Crippen molar-refractivity contribution in [3.63, 3.8) is 0 Å². The number of carbonyl (C=O) groups is 1. The van der Waals surface area contributed by atoms with Gasteiger partial charge in [-0.05, 0) is 28.8 Å². The number of benzene rings is 2. The van der Waals surface area contributed by atoms with Crippen LogP contribution in [0.5, 0.6) is 0 Å². The van der Waals surface area contributed by atoms with Gasteiger partial charge in [-0.2, -0.15) is 13.2 Å². The Morgan fingerprint density at radius 1 is 1.04 bits per heavy atom. The molecule has 0 saturated carbocycles. The Bertz CT molecular complexity index is 712. The van der Waals surface area contributed by atoms with Crippen LogP contribution in [0.1, 0.15) is 5.56 Å². The van der Waals surface area contributed by atoms with Crippen LogP contribution in [0.3, 0.4) is 0 Å². The van der Waals surface area contributed by atoms with Crippen molar-refractivity contribution < 1.29 is 22.7 Å². The first-order chi connectivity index (χ1) is 11.9. The first kappa shape index (κ1) is 18.7. The standard InChI is InChI=1S/C19H18F3NO2/c20-19(21,22)14-25-12-11-23-18(24)10-9-15-5-4-8-17(13-15)16-6-2-1-3-7-16/h1-10,13H,11-12,14H2,(H,23,24)/b10-9+. The van der Waals surface area contributed by atoms with Crippen molar-refractivity contribution >= 4 is 12.0 Å². The summed E-state index contributed by atoms with van der Waals surface area (Å²) < 4.78 is 40.1. The molecule has 0 aromatic heterocycles. The lowest BCUT2D eigenvalue weighted by Gasteiger charge is -2.07. The second-order valence-corrected chi connectivity index (χ2v) is 5.28. The zero-order chi connectivity index (χ0) is 18.1. The summed E-state index contributed by atoms with van der Waals surface area (Å²) in [7, 11) is 0. The van der Waals surface area contributed by atoms with Gasteiger partial charge in [-0.3, -0.25) is 4.79 Å². The van der Waals surface area contributed by atoms with E-state index in [1.54, 1.807) is 6.08 Å². The maximum atomic E-state index is 11.9. The summed E-state index contributed by atoms with van der Waals surface area (Å²) in [4.78, 5) is 11.7. The van der Waals surface area contributed by atoms with Crippen LogP contribution in [0.15, 0.2) is 60.7 Å². The van der Waals surface area contributed by atoms with Crippen LogP contribution in [0, 0.1) is 0 Å². The van der Waals surface area contributed by atoms with Crippen molar-refractivity contribution in [2.45, 2.75) is 6.18 Å². The molecule has 0 saturated heterocycles. The summed E-state index contributed by atoms with van der Waals surface area (Å²) in [5.74, 6) is -0.388. The number of alkyl halides is 3. The fraction of sp³-hybridized carbons (Fsp3) is 0.211. The van der Waals surface area contributed by atoms with E-state index in [1.807, 2.05) is 54.6 Å². The largest absolute Gasteiger partial charge is 0.411 e. The van der Waals surface area contributed by atoms with Crippen molar-refractivity contribution in [3.05, 3.63) is 66.2 Å². The summed E-state index contributed by atoms with van der Waals surface area (Å²) in [6.45, 7) is -1.49. The van der Waals surface area contributed by atoms with Crippen LogP contribution in [-0.2, 0) is 9.53 Å². The highest BCUT2D eigenvalue weighted by molar-refractivity contribution is 5.91. The summed E-state index contributed by atoms with van der Waals surface area (Å²) in [6, 6.07) is 17.5. The van der Waals surface area contributed by atoms with Gasteiger partial charge < -0.3 is 10.1 Å². The maximum Gasteiger partial charge on any atom is 0.411 e. The Kier molecular flexibility index (Phi) is 6.77. The number of hydrogen-bond donors (Lipinski definition) is 1. The average molecular weight is 349 g/mol. The molecule has 0 aliphatic rings. The highest BCUT2D eigenvalue weighted by atomic mass is 19.4. The van der Waals surface area contributed by atoms with Crippen molar-refractivity contribution in [1.29, 1.82) is 0 Å². The van der Waals surface area contributed by atoms with E-state index in [4.69, 9.17) is 0 Å². The number of carbonyl (C=O) groups excluding carboxylic acids is 1. The van der Waals surface area contributed by atoms with E-state index in [1.165, 1.54) is 6.08 Å². The number of nitrogens with one attached hydrogen (secondary N) is 1. The van der Waals surface area contributed by atoms with Crippen LogP contribution < -0.4 is 5.32 Å². The van der Waals surface area contributed by atoms with Gasteiger partial charge in [0.2, 0.25) is 5.91 Å². The monoisotopic (exact) mass is 349 g/mol. The molecule has 0 spiro atoms. The van der Waals surface area contributed by atoms with Crippen LogP contribution in [0.2, 0.25) is 0 Å². The molecule has 0 fully saturated rings. The predicted molar refractivity (Wildman–Crippen MR) is 90.8 cm³/mol. The van der Waals surface area contributed by atoms with E-state index in [9.17, 15) is 18.0 Å². The van der Waals surface area contributed by atoms with Gasteiger partial charge in [-0.15, -0.1) is 0 Å². The Morgan fingerprint density at radius 2 is 1.76 bits per heavy atom. The van der Waals surface area contributed by atoms with Crippen LogP contribution >= 0.6 is 0 Å². The van der Waals surface area contributed by atoms with Gasteiger partial charge in [0.05, 0.1) is 6.61 Å². The fourth-order valence-electron chi connectivity index (χ4n) is 2.12. The normalized spacial score (nSPS) is 11.6. The molecule has 2 aromatic rings. The van der Waals surface area contributed by atoms with Gasteiger partial charge in [-0.25, -0.2) is 0 Å². The molecule has 2 aromatic carbocycles. The molecule has 0 atom stereocenters. The minimum Gasteiger partial charge on any atom is -0.370 e. The van der Waals surface area contributed by atoms with Crippen molar-refractivity contribution in [2.24, 2.45) is 0 Å². The van der Waals surface area contributed by atoms with E-state index >= 15 is 0 Å². The molecule has 132 valence electrons. The lowest BCUT2D eigenvalue weighted by Crippen LogP contribution is -2.27. The number of halogens is 3. The number of ether oxygens (including phenoxy) is 1. The summed E-state index contributed by atoms with van der Waals surface area (Å²) in [5.41, 5.74) is 2.96. The van der Waals surface area contributed by atoms with Crippen LogP contribution in [-0.4, -0.2) is 31.8 Å². The molecule has 6 heteroatoms. The van der Waals surface area contributed by atoms with Gasteiger partial charge in [0.1, 0.15) is 6.61 Å². The topological polar surface area (TPSA) is 38.3 Å². The van der Waals surface area contributed by atoms with E-state index in [-0.39, 0.29) is 19.1 Å². The van der Waals surface area contributed by atoms with Gasteiger partial charge in [0.15, 0.2) is 0 Å². The van der Waals surface area contributed by atoms with Crippen LogP contribution in [0.4, 0.5) is 13.2 Å². The number of amides is 1. The summed E-state index contributed by atoms with van der Waals surface area (Å²) >= 11 is 0. The van der Waals surface area contributed by atoms with Gasteiger partial charge in [-0.1, -0.05) is 48.5 Å². The second-order valence-electron chi connectivity index (χ2n) is 5.28. The molecule has 0 aliphatic carbocycles. The zero-order valence-electron chi connectivity index (χ0n) is 13.4. The minimum absolute atomic E-state index is 0.0172. The SMILES string of the molecule is O=C(/C=C/c1cccc(-c2ccccc2)c1)NCCOCC(F)(F)F. The first-order valence-electron chi connectivity index (χ1n) is 7.70. The highest BCUT2D eigenvalue weighted by Gasteiger charge is 2.27. The smallest absolute Gasteiger partial charge is 0.370 e. The third-order valence-corrected chi connectivity index (χ3v) is 3.23. The van der Waals surface area contributed by atoms with E-state index < -0.39 is 12.8 Å². The Balaban J connectivity index is 1.82. The molecule has 0 bridgehead atoms. The molecule has 0 radical (unpaired) electrons. The first-order valence-corrected chi connectivity index (χ1v) is 7.70. The summed E-state index contributed by atoms with van der Waals surface area (Å²) in [6.07, 6.45) is -1.36. The number of rotatable bonds is 7. The molecular formula is C19H18F3NO2. The molecule has 3 nitrogen and oxygen atoms in total. The van der Waals surface area contributed by atoms with Gasteiger partial charge >= 0.3 is 6.18 Å². The molecular weight excluding hydrogens is 331 g/mol. The molecule has 1 N–H and O–H groups in total. The Morgan fingerprint density at radius 3 is 2.48 bits per heavy atom. The molecule has 25 heavy (non-hydrogen) atoms. The molecule has 2 rings (SSSR count). The predicted octanol–water partition coefficient (Wildman–Crippen LogP) is 4.06. The third kappa shape index (κ3) is 7.22.